The second-order valence-corrected chi connectivity index (χ2v) is 6.35. The average molecular weight is 337 g/mol. The molecule has 0 fully saturated rings. The Kier molecular flexibility index (Phi) is 4.44. The molecule has 3 aromatic rings. The molecule has 2 N–H and O–H groups in total. The van der Waals surface area contributed by atoms with Crippen LogP contribution in [0.2, 0.25) is 0 Å². The van der Waals surface area contributed by atoms with Gasteiger partial charge in [0.15, 0.2) is 0 Å². The Balaban J connectivity index is 1.96. The van der Waals surface area contributed by atoms with Crippen molar-refractivity contribution < 1.29 is 14.7 Å². The van der Waals surface area contributed by atoms with Gasteiger partial charge in [-0.05, 0) is 30.2 Å². The first-order valence-corrected chi connectivity index (χ1v) is 8.17. The predicted molar refractivity (Wildman–Crippen MR) is 95.8 cm³/mol. The lowest BCUT2D eigenvalue weighted by molar-refractivity contribution is 0.0698. The molecule has 1 amide bonds. The third-order valence-electron chi connectivity index (χ3n) is 3.64. The number of amides is 1. The molecule has 0 spiro atoms. The van der Waals surface area contributed by atoms with E-state index in [1.807, 2.05) is 49.4 Å². The van der Waals surface area contributed by atoms with Crippen LogP contribution in [0.15, 0.2) is 60.7 Å². The molecule has 0 saturated heterocycles. The van der Waals surface area contributed by atoms with Crippen LogP contribution in [0.1, 0.15) is 26.3 Å². The summed E-state index contributed by atoms with van der Waals surface area (Å²) in [6, 6.07) is 18.3. The Morgan fingerprint density at radius 3 is 2.29 bits per heavy atom. The third-order valence-corrected chi connectivity index (χ3v) is 4.74. The monoisotopic (exact) mass is 337 g/mol. The van der Waals surface area contributed by atoms with Crippen LogP contribution in [0.5, 0.6) is 0 Å². The molecule has 1 aromatic heterocycles. The van der Waals surface area contributed by atoms with Crippen LogP contribution in [-0.2, 0) is 0 Å². The summed E-state index contributed by atoms with van der Waals surface area (Å²) < 4.78 is 0. The molecule has 1 heterocycles. The van der Waals surface area contributed by atoms with E-state index < -0.39 is 5.97 Å². The largest absolute Gasteiger partial charge is 0.478 e. The number of benzene rings is 2. The van der Waals surface area contributed by atoms with Gasteiger partial charge in [0.05, 0.1) is 5.56 Å². The summed E-state index contributed by atoms with van der Waals surface area (Å²) in [5.41, 5.74) is 2.39. The maximum atomic E-state index is 12.5. The van der Waals surface area contributed by atoms with Crippen LogP contribution < -0.4 is 5.32 Å². The molecule has 0 bridgehead atoms. The van der Waals surface area contributed by atoms with E-state index in [1.165, 1.54) is 11.3 Å². The number of nitrogens with one attached hydrogen (secondary N) is 1. The molecule has 0 unspecified atom stereocenters. The van der Waals surface area contributed by atoms with Crippen LogP contribution in [0.4, 0.5) is 5.00 Å². The zero-order valence-electron chi connectivity index (χ0n) is 12.9. The Morgan fingerprint density at radius 1 is 0.958 bits per heavy atom. The fourth-order valence-corrected chi connectivity index (χ4v) is 3.44. The lowest BCUT2D eigenvalue weighted by Crippen LogP contribution is -2.14. The number of thiophene rings is 1. The average Bonchev–Trinajstić information content (AvgIpc) is 3.00. The van der Waals surface area contributed by atoms with E-state index in [1.54, 1.807) is 18.2 Å². The van der Waals surface area contributed by atoms with E-state index in [4.69, 9.17) is 0 Å². The Labute approximate surface area is 143 Å². The summed E-state index contributed by atoms with van der Waals surface area (Å²) in [5, 5.41) is 12.5. The van der Waals surface area contributed by atoms with E-state index in [-0.39, 0.29) is 11.5 Å². The number of carboxylic acid groups (broad SMARTS) is 1. The van der Waals surface area contributed by atoms with Gasteiger partial charge in [0.2, 0.25) is 0 Å². The molecule has 0 saturated carbocycles. The van der Waals surface area contributed by atoms with Crippen molar-refractivity contribution in [2.24, 2.45) is 0 Å². The molecule has 24 heavy (non-hydrogen) atoms. The molecule has 2 aromatic carbocycles. The standard InChI is InChI=1S/C19H15NO3S/c1-12-7-5-6-10-14(12)17(21)20-18-15(19(22)23)11-16(24-18)13-8-3-2-4-9-13/h2-11H,1H3,(H,20,21)(H,22,23). The van der Waals surface area contributed by atoms with Gasteiger partial charge in [-0.15, -0.1) is 11.3 Å². The highest BCUT2D eigenvalue weighted by atomic mass is 32.1. The zero-order valence-corrected chi connectivity index (χ0v) is 13.8. The smallest absolute Gasteiger partial charge is 0.338 e. The number of aromatic carboxylic acids is 1. The van der Waals surface area contributed by atoms with Crippen molar-refractivity contribution in [2.75, 3.05) is 5.32 Å². The number of carbonyl (C=O) groups excluding carboxylic acids is 1. The summed E-state index contributed by atoms with van der Waals surface area (Å²) in [5.74, 6) is -1.37. The fourth-order valence-electron chi connectivity index (χ4n) is 2.39. The van der Waals surface area contributed by atoms with E-state index in [2.05, 4.69) is 5.32 Å². The van der Waals surface area contributed by atoms with Gasteiger partial charge in [0.25, 0.3) is 5.91 Å². The van der Waals surface area contributed by atoms with Crippen LogP contribution in [0.3, 0.4) is 0 Å². The summed E-state index contributed by atoms with van der Waals surface area (Å²) in [7, 11) is 0. The number of rotatable bonds is 4. The van der Waals surface area contributed by atoms with Gasteiger partial charge in [0.1, 0.15) is 5.00 Å². The van der Waals surface area contributed by atoms with E-state index in [9.17, 15) is 14.7 Å². The highest BCUT2D eigenvalue weighted by Crippen LogP contribution is 2.35. The number of aryl methyl sites for hydroxylation is 1. The van der Waals surface area contributed by atoms with E-state index >= 15 is 0 Å². The van der Waals surface area contributed by atoms with E-state index in [0.29, 0.717) is 10.6 Å². The number of carboxylic acids is 1. The highest BCUT2D eigenvalue weighted by molar-refractivity contribution is 7.20. The van der Waals surface area contributed by atoms with Gasteiger partial charge in [-0.3, -0.25) is 4.79 Å². The van der Waals surface area contributed by atoms with Gasteiger partial charge in [-0.25, -0.2) is 4.79 Å². The fraction of sp³-hybridized carbons (Fsp3) is 0.0526. The molecule has 0 radical (unpaired) electrons. The molecule has 0 atom stereocenters. The molecule has 5 heteroatoms. The van der Waals surface area contributed by atoms with Gasteiger partial charge >= 0.3 is 5.97 Å². The minimum Gasteiger partial charge on any atom is -0.478 e. The molecule has 0 aliphatic heterocycles. The lowest BCUT2D eigenvalue weighted by atomic mass is 10.1. The van der Waals surface area contributed by atoms with Crippen molar-refractivity contribution in [3.05, 3.63) is 77.4 Å². The summed E-state index contributed by atoms with van der Waals surface area (Å²) >= 11 is 1.26. The maximum Gasteiger partial charge on any atom is 0.338 e. The van der Waals surface area contributed by atoms with Gasteiger partial charge < -0.3 is 10.4 Å². The Hall–Kier alpha value is -2.92. The molecular weight excluding hydrogens is 322 g/mol. The second-order valence-electron chi connectivity index (χ2n) is 5.29. The van der Waals surface area contributed by atoms with Gasteiger partial charge in [-0.1, -0.05) is 48.5 Å². The van der Waals surface area contributed by atoms with E-state index in [0.717, 1.165) is 16.0 Å². The van der Waals surface area contributed by atoms with Crippen LogP contribution in [0, 0.1) is 6.92 Å². The second kappa shape index (κ2) is 6.68. The Morgan fingerprint density at radius 2 is 1.62 bits per heavy atom. The molecule has 4 nitrogen and oxygen atoms in total. The SMILES string of the molecule is Cc1ccccc1C(=O)Nc1sc(-c2ccccc2)cc1C(=O)O. The number of hydrogen-bond acceptors (Lipinski definition) is 3. The van der Waals surface area contributed by atoms with Crippen molar-refractivity contribution in [1.82, 2.24) is 0 Å². The topological polar surface area (TPSA) is 66.4 Å². The normalized spacial score (nSPS) is 10.4. The quantitative estimate of drug-likeness (QED) is 0.727. The predicted octanol–water partition coefficient (Wildman–Crippen LogP) is 4.67. The van der Waals surface area contributed by atoms with Crippen molar-refractivity contribution in [1.29, 1.82) is 0 Å². The molecule has 120 valence electrons. The van der Waals surface area contributed by atoms with Crippen LogP contribution >= 0.6 is 11.3 Å². The van der Waals surface area contributed by atoms with Gasteiger partial charge in [-0.2, -0.15) is 0 Å². The van der Waals surface area contributed by atoms with Crippen LogP contribution in [-0.4, -0.2) is 17.0 Å². The van der Waals surface area contributed by atoms with Crippen molar-refractivity contribution in [3.8, 4) is 10.4 Å². The highest BCUT2D eigenvalue weighted by Gasteiger charge is 2.19. The first-order chi connectivity index (χ1) is 11.6. The summed E-state index contributed by atoms with van der Waals surface area (Å²) in [4.78, 5) is 24.8. The first-order valence-electron chi connectivity index (χ1n) is 7.36. The molecule has 0 aliphatic carbocycles. The minimum atomic E-state index is -1.06. The molecule has 3 rings (SSSR count). The minimum absolute atomic E-state index is 0.0980. The summed E-state index contributed by atoms with van der Waals surface area (Å²) in [6.45, 7) is 1.84. The number of anilines is 1. The lowest BCUT2D eigenvalue weighted by Gasteiger charge is -2.06. The van der Waals surface area contributed by atoms with Crippen molar-refractivity contribution in [3.63, 3.8) is 0 Å². The summed E-state index contributed by atoms with van der Waals surface area (Å²) in [6.07, 6.45) is 0. The van der Waals surface area contributed by atoms with Crippen LogP contribution in [0.25, 0.3) is 10.4 Å². The number of carbonyl (C=O) groups is 2. The molecular formula is C19H15NO3S. The number of hydrogen-bond donors (Lipinski definition) is 2. The Bertz CT molecular complexity index is 900. The third kappa shape index (κ3) is 3.21. The first kappa shape index (κ1) is 16.0. The maximum absolute atomic E-state index is 12.5. The van der Waals surface area contributed by atoms with Crippen molar-refractivity contribution in [2.45, 2.75) is 6.92 Å². The van der Waals surface area contributed by atoms with Gasteiger partial charge in [0, 0.05) is 10.4 Å². The molecule has 0 aliphatic rings. The van der Waals surface area contributed by atoms with Crippen molar-refractivity contribution >= 4 is 28.2 Å². The zero-order chi connectivity index (χ0) is 17.1.